The molecule has 0 saturated heterocycles. The van der Waals surface area contributed by atoms with E-state index in [4.69, 9.17) is 0 Å². The molecule has 0 heterocycles. The van der Waals surface area contributed by atoms with Gasteiger partial charge in [-0.1, -0.05) is 30.3 Å². The second-order valence-corrected chi connectivity index (χ2v) is 7.66. The zero-order chi connectivity index (χ0) is 17.0. The summed E-state index contributed by atoms with van der Waals surface area (Å²) in [5, 5.41) is 2.74. The Bertz CT molecular complexity index is 815. The van der Waals surface area contributed by atoms with E-state index >= 15 is 0 Å². The van der Waals surface area contributed by atoms with Crippen molar-refractivity contribution in [3.63, 3.8) is 0 Å². The zero-order valence-electron chi connectivity index (χ0n) is 12.8. The minimum atomic E-state index is -3.76. The van der Waals surface area contributed by atoms with Crippen LogP contribution in [0.3, 0.4) is 0 Å². The number of halogens is 1. The molecule has 23 heavy (non-hydrogen) atoms. The first-order chi connectivity index (χ1) is 10.8. The predicted octanol–water partition coefficient (Wildman–Crippen LogP) is 2.98. The number of carbonyl (C=O) groups excluding carboxylic acids is 1. The summed E-state index contributed by atoms with van der Waals surface area (Å²) >= 11 is 3.19. The Hall–Kier alpha value is -1.70. The summed E-state index contributed by atoms with van der Waals surface area (Å²) in [5.74, 6) is -0.418. The largest absolute Gasteiger partial charge is 0.324 e. The third-order valence-corrected chi connectivity index (χ3v) is 5.71. The van der Waals surface area contributed by atoms with E-state index in [-0.39, 0.29) is 11.4 Å². The number of hydrogen-bond acceptors (Lipinski definition) is 3. The van der Waals surface area contributed by atoms with E-state index in [2.05, 4.69) is 26.0 Å². The molecular weight excluding hydrogens is 380 g/mol. The SMILES string of the molecule is Cc1cccc(C)c1NC(=O)CNS(=O)(=O)c1ccccc1Br. The number of benzene rings is 2. The second kappa shape index (κ2) is 7.25. The van der Waals surface area contributed by atoms with Gasteiger partial charge in [0.25, 0.3) is 0 Å². The fourth-order valence-corrected chi connectivity index (χ4v) is 4.08. The van der Waals surface area contributed by atoms with Crippen molar-refractivity contribution in [3.8, 4) is 0 Å². The molecule has 2 rings (SSSR count). The third kappa shape index (κ3) is 4.40. The van der Waals surface area contributed by atoms with E-state index in [1.165, 1.54) is 6.07 Å². The Morgan fingerprint density at radius 3 is 2.26 bits per heavy atom. The lowest BCUT2D eigenvalue weighted by atomic mass is 10.1. The number of sulfonamides is 1. The lowest BCUT2D eigenvalue weighted by Gasteiger charge is -2.12. The highest BCUT2D eigenvalue weighted by atomic mass is 79.9. The highest BCUT2D eigenvalue weighted by Gasteiger charge is 2.18. The van der Waals surface area contributed by atoms with Gasteiger partial charge in [0.15, 0.2) is 0 Å². The van der Waals surface area contributed by atoms with Crippen LogP contribution in [0.4, 0.5) is 5.69 Å². The molecule has 2 N–H and O–H groups in total. The van der Waals surface area contributed by atoms with Crippen molar-refractivity contribution >= 4 is 37.5 Å². The van der Waals surface area contributed by atoms with Gasteiger partial charge in [-0.3, -0.25) is 4.79 Å². The van der Waals surface area contributed by atoms with E-state index in [0.717, 1.165) is 11.1 Å². The van der Waals surface area contributed by atoms with Crippen LogP contribution in [0, 0.1) is 13.8 Å². The molecule has 2 aromatic carbocycles. The minimum absolute atomic E-state index is 0.0971. The van der Waals surface area contributed by atoms with E-state index in [1.54, 1.807) is 18.2 Å². The lowest BCUT2D eigenvalue weighted by Crippen LogP contribution is -2.33. The van der Waals surface area contributed by atoms with E-state index in [1.807, 2.05) is 32.0 Å². The molecule has 2 aromatic rings. The summed E-state index contributed by atoms with van der Waals surface area (Å²) in [7, 11) is -3.76. The standard InChI is InChI=1S/C16H17BrN2O3S/c1-11-6-5-7-12(2)16(11)19-15(20)10-18-23(21,22)14-9-4-3-8-13(14)17/h3-9,18H,10H2,1-2H3,(H,19,20). The van der Waals surface area contributed by atoms with Crippen molar-refractivity contribution in [1.29, 1.82) is 0 Å². The first-order valence-electron chi connectivity index (χ1n) is 6.91. The highest BCUT2D eigenvalue weighted by Crippen LogP contribution is 2.21. The molecule has 0 spiro atoms. The van der Waals surface area contributed by atoms with Gasteiger partial charge in [-0.2, -0.15) is 0 Å². The van der Waals surface area contributed by atoms with Gasteiger partial charge in [0.2, 0.25) is 15.9 Å². The van der Waals surface area contributed by atoms with E-state index in [0.29, 0.717) is 10.2 Å². The number of amides is 1. The molecule has 0 aliphatic heterocycles. The van der Waals surface area contributed by atoms with Crippen LogP contribution < -0.4 is 10.0 Å². The molecule has 0 unspecified atom stereocenters. The van der Waals surface area contributed by atoms with Crippen LogP contribution in [0.1, 0.15) is 11.1 Å². The van der Waals surface area contributed by atoms with Crippen molar-refractivity contribution in [2.75, 3.05) is 11.9 Å². The summed E-state index contributed by atoms with van der Waals surface area (Å²) in [6.45, 7) is 3.43. The van der Waals surface area contributed by atoms with Crippen LogP contribution in [-0.2, 0) is 14.8 Å². The fourth-order valence-electron chi connectivity index (χ4n) is 2.10. The van der Waals surface area contributed by atoms with Crippen molar-refractivity contribution in [2.45, 2.75) is 18.7 Å². The average Bonchev–Trinajstić information content (AvgIpc) is 2.49. The van der Waals surface area contributed by atoms with Crippen LogP contribution in [0.15, 0.2) is 51.8 Å². The van der Waals surface area contributed by atoms with Gasteiger partial charge in [0, 0.05) is 10.2 Å². The Morgan fingerprint density at radius 1 is 1.04 bits per heavy atom. The predicted molar refractivity (Wildman–Crippen MR) is 93.9 cm³/mol. The molecule has 0 saturated carbocycles. The van der Waals surface area contributed by atoms with Crippen LogP contribution in [0.25, 0.3) is 0 Å². The van der Waals surface area contributed by atoms with E-state index < -0.39 is 15.9 Å². The van der Waals surface area contributed by atoms with Crippen molar-refractivity contribution in [2.24, 2.45) is 0 Å². The van der Waals surface area contributed by atoms with Gasteiger partial charge in [0.1, 0.15) is 0 Å². The van der Waals surface area contributed by atoms with Gasteiger partial charge in [0.05, 0.1) is 11.4 Å². The number of rotatable bonds is 5. The quantitative estimate of drug-likeness (QED) is 0.815. The molecule has 0 aromatic heterocycles. The maximum atomic E-state index is 12.2. The van der Waals surface area contributed by atoms with E-state index in [9.17, 15) is 13.2 Å². The molecule has 0 atom stereocenters. The molecule has 122 valence electrons. The van der Waals surface area contributed by atoms with Gasteiger partial charge < -0.3 is 5.32 Å². The molecule has 7 heteroatoms. The van der Waals surface area contributed by atoms with Crippen LogP contribution in [0.2, 0.25) is 0 Å². The van der Waals surface area contributed by atoms with Crippen molar-refractivity contribution in [3.05, 3.63) is 58.1 Å². The first-order valence-corrected chi connectivity index (χ1v) is 9.19. The maximum absolute atomic E-state index is 12.2. The molecule has 5 nitrogen and oxygen atoms in total. The maximum Gasteiger partial charge on any atom is 0.242 e. The van der Waals surface area contributed by atoms with Crippen molar-refractivity contribution in [1.82, 2.24) is 4.72 Å². The Labute approximate surface area is 144 Å². The number of aryl methyl sites for hydroxylation is 2. The molecule has 1 amide bonds. The van der Waals surface area contributed by atoms with Crippen LogP contribution in [0.5, 0.6) is 0 Å². The third-order valence-electron chi connectivity index (χ3n) is 3.29. The molecule has 0 aliphatic carbocycles. The summed E-state index contributed by atoms with van der Waals surface area (Å²) in [4.78, 5) is 12.1. The number of para-hydroxylation sites is 1. The van der Waals surface area contributed by atoms with Gasteiger partial charge in [-0.05, 0) is 53.0 Å². The van der Waals surface area contributed by atoms with Gasteiger partial charge >= 0.3 is 0 Å². The van der Waals surface area contributed by atoms with Crippen LogP contribution >= 0.6 is 15.9 Å². The summed E-state index contributed by atoms with van der Waals surface area (Å²) in [6, 6.07) is 12.1. The lowest BCUT2D eigenvalue weighted by molar-refractivity contribution is -0.115. The number of hydrogen-bond donors (Lipinski definition) is 2. The summed E-state index contributed by atoms with van der Waals surface area (Å²) in [6.07, 6.45) is 0. The van der Waals surface area contributed by atoms with Gasteiger partial charge in [-0.15, -0.1) is 0 Å². The second-order valence-electron chi connectivity index (χ2n) is 5.07. The molecule has 0 bridgehead atoms. The number of anilines is 1. The normalized spacial score (nSPS) is 11.3. The summed E-state index contributed by atoms with van der Waals surface area (Å²) < 4.78 is 27.2. The minimum Gasteiger partial charge on any atom is -0.324 e. The van der Waals surface area contributed by atoms with Gasteiger partial charge in [-0.25, -0.2) is 13.1 Å². The Balaban J connectivity index is 2.06. The summed E-state index contributed by atoms with van der Waals surface area (Å²) in [5.41, 5.74) is 2.55. The Kier molecular flexibility index (Phi) is 5.56. The number of nitrogens with one attached hydrogen (secondary N) is 2. The smallest absolute Gasteiger partial charge is 0.242 e. The topological polar surface area (TPSA) is 75.3 Å². The fraction of sp³-hybridized carbons (Fsp3) is 0.188. The highest BCUT2D eigenvalue weighted by molar-refractivity contribution is 9.10. The van der Waals surface area contributed by atoms with Crippen molar-refractivity contribution < 1.29 is 13.2 Å². The molecule has 0 aliphatic rings. The first kappa shape index (κ1) is 17.7. The average molecular weight is 397 g/mol. The molecule has 0 radical (unpaired) electrons. The molecular formula is C16H17BrN2O3S. The zero-order valence-corrected chi connectivity index (χ0v) is 15.2. The van der Waals surface area contributed by atoms with Crippen LogP contribution in [-0.4, -0.2) is 20.9 Å². The molecule has 0 fully saturated rings. The number of carbonyl (C=O) groups is 1. The monoisotopic (exact) mass is 396 g/mol. The Morgan fingerprint density at radius 2 is 1.65 bits per heavy atom.